The Hall–Kier alpha value is -0.770. The van der Waals surface area contributed by atoms with Gasteiger partial charge in [-0.05, 0) is 44.5 Å². The van der Waals surface area contributed by atoms with Crippen LogP contribution in [0.25, 0.3) is 0 Å². The summed E-state index contributed by atoms with van der Waals surface area (Å²) in [5.74, 6) is 0. The Labute approximate surface area is 114 Å². The summed E-state index contributed by atoms with van der Waals surface area (Å²) in [5, 5.41) is 4.35. The lowest BCUT2D eigenvalue weighted by molar-refractivity contribution is 0.262. The molecule has 0 bridgehead atoms. The van der Waals surface area contributed by atoms with Crippen LogP contribution in [-0.2, 0) is 0 Å². The number of nitrogens with two attached hydrogens (primary N) is 1. The summed E-state index contributed by atoms with van der Waals surface area (Å²) in [6.45, 7) is 7.22. The number of halogens is 1. The van der Waals surface area contributed by atoms with Crippen molar-refractivity contribution in [2.24, 2.45) is 5.73 Å². The fraction of sp³-hybridized carbons (Fsp3) is 0.571. The summed E-state index contributed by atoms with van der Waals surface area (Å²) >= 11 is 5.90. The first-order valence-electron chi connectivity index (χ1n) is 6.52. The van der Waals surface area contributed by atoms with Gasteiger partial charge in [0.15, 0.2) is 0 Å². The lowest BCUT2D eigenvalue weighted by atomic mass is 9.98. The van der Waals surface area contributed by atoms with Gasteiger partial charge < -0.3 is 11.1 Å². The van der Waals surface area contributed by atoms with Gasteiger partial charge in [-0.15, -0.1) is 0 Å². The van der Waals surface area contributed by atoms with E-state index in [1.54, 1.807) is 0 Å². The molecular weight excluding hydrogens is 246 g/mol. The summed E-state index contributed by atoms with van der Waals surface area (Å²) < 4.78 is 0. The van der Waals surface area contributed by atoms with E-state index in [4.69, 9.17) is 17.3 Å². The van der Waals surface area contributed by atoms with E-state index in [0.717, 1.165) is 30.2 Å². The molecule has 0 aromatic heterocycles. The molecule has 1 atom stereocenters. The van der Waals surface area contributed by atoms with E-state index in [1.807, 2.05) is 24.3 Å². The molecule has 4 heteroatoms. The highest BCUT2D eigenvalue weighted by atomic mass is 35.5. The van der Waals surface area contributed by atoms with Crippen LogP contribution in [0.1, 0.15) is 20.3 Å². The average Bonchev–Trinajstić information content (AvgIpc) is 2.77. The van der Waals surface area contributed by atoms with Crippen LogP contribution in [0.5, 0.6) is 0 Å². The fourth-order valence-corrected chi connectivity index (χ4v) is 2.63. The molecular formula is C14H22ClN3. The minimum absolute atomic E-state index is 0.00189. The first kappa shape index (κ1) is 13.7. The zero-order valence-electron chi connectivity index (χ0n) is 11.1. The van der Waals surface area contributed by atoms with Crippen LogP contribution >= 0.6 is 11.6 Å². The number of likely N-dealkylation sites (tertiary alicyclic amines) is 1. The molecule has 3 N–H and O–H groups in total. The van der Waals surface area contributed by atoms with Gasteiger partial charge in [-0.25, -0.2) is 0 Å². The van der Waals surface area contributed by atoms with E-state index in [-0.39, 0.29) is 5.54 Å². The molecule has 0 saturated carbocycles. The van der Waals surface area contributed by atoms with Crippen LogP contribution in [0.15, 0.2) is 24.3 Å². The highest BCUT2D eigenvalue weighted by molar-refractivity contribution is 6.30. The molecule has 1 fully saturated rings. The summed E-state index contributed by atoms with van der Waals surface area (Å²) in [7, 11) is 0. The normalized spacial score (nSPS) is 24.7. The van der Waals surface area contributed by atoms with Crippen molar-refractivity contribution in [3.63, 3.8) is 0 Å². The molecule has 0 spiro atoms. The van der Waals surface area contributed by atoms with Crippen molar-refractivity contribution in [3.8, 4) is 0 Å². The Kier molecular flexibility index (Phi) is 4.15. The second-order valence-electron chi connectivity index (χ2n) is 5.43. The number of hydrogen-bond acceptors (Lipinski definition) is 3. The zero-order valence-corrected chi connectivity index (χ0v) is 11.9. The molecule has 0 amide bonds. The molecule has 18 heavy (non-hydrogen) atoms. The monoisotopic (exact) mass is 267 g/mol. The van der Waals surface area contributed by atoms with Crippen molar-refractivity contribution in [1.82, 2.24) is 4.90 Å². The summed E-state index contributed by atoms with van der Waals surface area (Å²) in [6, 6.07) is 8.41. The van der Waals surface area contributed by atoms with Crippen molar-refractivity contribution < 1.29 is 0 Å². The minimum Gasteiger partial charge on any atom is -0.377 e. The predicted octanol–water partition coefficient (Wildman–Crippen LogP) is 2.56. The SMILES string of the molecule is CC(C)N1CCC(CN)(Nc2ccc(Cl)cc2)C1. The van der Waals surface area contributed by atoms with Gasteiger partial charge in [0.25, 0.3) is 0 Å². The van der Waals surface area contributed by atoms with Gasteiger partial charge in [0.05, 0.1) is 5.54 Å². The van der Waals surface area contributed by atoms with Crippen LogP contribution in [0.2, 0.25) is 5.02 Å². The van der Waals surface area contributed by atoms with E-state index >= 15 is 0 Å². The molecule has 1 saturated heterocycles. The fourth-order valence-electron chi connectivity index (χ4n) is 2.50. The zero-order chi connectivity index (χ0) is 13.2. The van der Waals surface area contributed by atoms with Crippen molar-refractivity contribution in [2.45, 2.75) is 31.8 Å². The lowest BCUT2D eigenvalue weighted by Crippen LogP contribution is -2.48. The topological polar surface area (TPSA) is 41.3 Å². The Bertz CT molecular complexity index is 391. The summed E-state index contributed by atoms with van der Waals surface area (Å²) in [6.07, 6.45) is 1.09. The van der Waals surface area contributed by atoms with Crippen molar-refractivity contribution >= 4 is 17.3 Å². The van der Waals surface area contributed by atoms with Gasteiger partial charge in [-0.1, -0.05) is 11.6 Å². The van der Waals surface area contributed by atoms with Gasteiger partial charge in [-0.2, -0.15) is 0 Å². The second-order valence-corrected chi connectivity index (χ2v) is 5.87. The molecule has 1 aromatic rings. The standard InChI is InChI=1S/C14H22ClN3/c1-11(2)18-8-7-14(9-16,10-18)17-13-5-3-12(15)4-6-13/h3-6,11,17H,7-10,16H2,1-2H3. The summed E-state index contributed by atoms with van der Waals surface area (Å²) in [5.41, 5.74) is 7.08. The predicted molar refractivity (Wildman–Crippen MR) is 78.2 cm³/mol. The van der Waals surface area contributed by atoms with E-state index in [9.17, 15) is 0 Å². The number of nitrogens with one attached hydrogen (secondary N) is 1. The van der Waals surface area contributed by atoms with Crippen LogP contribution < -0.4 is 11.1 Å². The third kappa shape index (κ3) is 2.97. The number of anilines is 1. The average molecular weight is 268 g/mol. The third-order valence-corrected chi connectivity index (χ3v) is 4.01. The number of rotatable bonds is 4. The first-order valence-corrected chi connectivity index (χ1v) is 6.90. The largest absolute Gasteiger partial charge is 0.377 e. The van der Waals surface area contributed by atoms with Crippen molar-refractivity contribution in [2.75, 3.05) is 25.0 Å². The van der Waals surface area contributed by atoms with E-state index < -0.39 is 0 Å². The molecule has 3 nitrogen and oxygen atoms in total. The quantitative estimate of drug-likeness (QED) is 0.881. The molecule has 1 aromatic carbocycles. The maximum Gasteiger partial charge on any atom is 0.0634 e. The first-order chi connectivity index (χ1) is 8.54. The Morgan fingerprint density at radius 3 is 2.56 bits per heavy atom. The number of nitrogens with zero attached hydrogens (tertiary/aromatic N) is 1. The smallest absolute Gasteiger partial charge is 0.0634 e. The van der Waals surface area contributed by atoms with Gasteiger partial charge in [-0.3, -0.25) is 4.90 Å². The van der Waals surface area contributed by atoms with Gasteiger partial charge in [0, 0.05) is 36.4 Å². The number of hydrogen-bond donors (Lipinski definition) is 2. The Balaban J connectivity index is 2.08. The van der Waals surface area contributed by atoms with E-state index in [1.165, 1.54) is 0 Å². The Morgan fingerprint density at radius 2 is 2.06 bits per heavy atom. The lowest BCUT2D eigenvalue weighted by Gasteiger charge is -2.31. The second kappa shape index (κ2) is 5.47. The number of benzene rings is 1. The van der Waals surface area contributed by atoms with Gasteiger partial charge >= 0.3 is 0 Å². The highest BCUT2D eigenvalue weighted by Gasteiger charge is 2.37. The van der Waals surface area contributed by atoms with Crippen LogP contribution in [-0.4, -0.2) is 36.1 Å². The van der Waals surface area contributed by atoms with E-state index in [2.05, 4.69) is 24.1 Å². The van der Waals surface area contributed by atoms with Gasteiger partial charge in [0.1, 0.15) is 0 Å². The minimum atomic E-state index is -0.00189. The van der Waals surface area contributed by atoms with Crippen molar-refractivity contribution in [3.05, 3.63) is 29.3 Å². The molecule has 2 rings (SSSR count). The van der Waals surface area contributed by atoms with Crippen molar-refractivity contribution in [1.29, 1.82) is 0 Å². The van der Waals surface area contributed by atoms with Crippen LogP contribution in [0.4, 0.5) is 5.69 Å². The molecule has 1 aliphatic rings. The molecule has 0 radical (unpaired) electrons. The molecule has 1 heterocycles. The van der Waals surface area contributed by atoms with Gasteiger partial charge in [0.2, 0.25) is 0 Å². The summed E-state index contributed by atoms with van der Waals surface area (Å²) in [4.78, 5) is 2.47. The molecule has 0 aliphatic carbocycles. The van der Waals surface area contributed by atoms with Crippen LogP contribution in [0.3, 0.4) is 0 Å². The van der Waals surface area contributed by atoms with Crippen LogP contribution in [0, 0.1) is 0 Å². The maximum atomic E-state index is 5.99. The highest BCUT2D eigenvalue weighted by Crippen LogP contribution is 2.27. The maximum absolute atomic E-state index is 5.99. The molecule has 100 valence electrons. The Morgan fingerprint density at radius 1 is 1.39 bits per heavy atom. The van der Waals surface area contributed by atoms with E-state index in [0.29, 0.717) is 12.6 Å². The third-order valence-electron chi connectivity index (χ3n) is 3.76. The molecule has 1 unspecified atom stereocenters. The molecule has 1 aliphatic heterocycles.